The van der Waals surface area contributed by atoms with Crippen LogP contribution in [0.4, 0.5) is 18.0 Å². The molecular weight excluding hydrogens is 343 g/mol. The minimum Gasteiger partial charge on any atom is -0.378 e. The number of carbonyl (C=O) groups is 1. The summed E-state index contributed by atoms with van der Waals surface area (Å²) in [5, 5.41) is 6.47. The minimum atomic E-state index is -4.45. The first-order valence-electron chi connectivity index (χ1n) is 7.92. The number of nitrogens with zero attached hydrogens (tertiary/aromatic N) is 1. The number of carbonyl (C=O) groups excluding carboxylic acids is 1. The smallest absolute Gasteiger partial charge is 0.378 e. The van der Waals surface area contributed by atoms with Crippen molar-refractivity contribution in [2.24, 2.45) is 11.8 Å². The van der Waals surface area contributed by atoms with Crippen molar-refractivity contribution >= 4 is 17.4 Å². The van der Waals surface area contributed by atoms with Crippen LogP contribution in [0.2, 0.25) is 0 Å². The lowest BCUT2D eigenvalue weighted by atomic mass is 9.87. The maximum absolute atomic E-state index is 12.5. The highest BCUT2D eigenvalue weighted by molar-refractivity contribution is 7.09. The van der Waals surface area contributed by atoms with Gasteiger partial charge in [0.2, 0.25) is 0 Å². The Kier molecular flexibility index (Phi) is 6.45. The summed E-state index contributed by atoms with van der Waals surface area (Å²) >= 11 is 0.875. The highest BCUT2D eigenvalue weighted by Gasteiger charge is 2.33. The van der Waals surface area contributed by atoms with E-state index in [1.165, 1.54) is 0 Å². The van der Waals surface area contributed by atoms with Crippen LogP contribution in [0.15, 0.2) is 5.38 Å². The summed E-state index contributed by atoms with van der Waals surface area (Å²) < 4.78 is 43.1. The monoisotopic (exact) mass is 365 g/mol. The van der Waals surface area contributed by atoms with Gasteiger partial charge in [0.1, 0.15) is 5.01 Å². The van der Waals surface area contributed by atoms with E-state index in [4.69, 9.17) is 4.74 Å². The van der Waals surface area contributed by atoms with Crippen LogP contribution < -0.4 is 10.6 Å². The van der Waals surface area contributed by atoms with E-state index in [-0.39, 0.29) is 23.6 Å². The zero-order valence-corrected chi connectivity index (χ0v) is 14.5. The van der Waals surface area contributed by atoms with E-state index in [9.17, 15) is 18.0 Å². The van der Waals surface area contributed by atoms with Gasteiger partial charge < -0.3 is 15.4 Å². The highest BCUT2D eigenvalue weighted by atomic mass is 32.1. The molecule has 1 aromatic rings. The van der Waals surface area contributed by atoms with E-state index < -0.39 is 17.9 Å². The average molecular weight is 365 g/mol. The third kappa shape index (κ3) is 5.34. The fourth-order valence-electron chi connectivity index (χ4n) is 2.78. The van der Waals surface area contributed by atoms with E-state index in [1.54, 1.807) is 0 Å². The molecule has 136 valence electrons. The second-order valence-corrected chi connectivity index (χ2v) is 7.11. The van der Waals surface area contributed by atoms with Gasteiger partial charge in [0.15, 0.2) is 5.69 Å². The van der Waals surface area contributed by atoms with Crippen LogP contribution in [0, 0.1) is 11.8 Å². The largest absolute Gasteiger partial charge is 0.434 e. The van der Waals surface area contributed by atoms with Gasteiger partial charge in [-0.25, -0.2) is 9.78 Å². The third-order valence-electron chi connectivity index (χ3n) is 3.92. The van der Waals surface area contributed by atoms with E-state index in [1.807, 2.05) is 0 Å². The summed E-state index contributed by atoms with van der Waals surface area (Å²) in [7, 11) is 0. The summed E-state index contributed by atoms with van der Waals surface area (Å²) in [6.45, 7) is 5.38. The molecule has 24 heavy (non-hydrogen) atoms. The standard InChI is InChI=1S/C15H22F3N3O2S/c1-9(2)13-10(4-3-5-23-13)6-19-14(22)20-7-12-21-11(8-24-12)15(16,17)18/h8-10,13H,3-7H2,1-2H3,(H2,19,20,22). The van der Waals surface area contributed by atoms with Gasteiger partial charge in [-0.1, -0.05) is 13.8 Å². The quantitative estimate of drug-likeness (QED) is 0.841. The lowest BCUT2D eigenvalue weighted by molar-refractivity contribution is -0.140. The highest BCUT2D eigenvalue weighted by Crippen LogP contribution is 2.30. The van der Waals surface area contributed by atoms with Gasteiger partial charge in [-0.2, -0.15) is 13.2 Å². The number of hydrogen-bond donors (Lipinski definition) is 2. The number of rotatable bonds is 5. The van der Waals surface area contributed by atoms with Crippen molar-refractivity contribution in [3.05, 3.63) is 16.1 Å². The molecule has 0 radical (unpaired) electrons. The second-order valence-electron chi connectivity index (χ2n) is 6.17. The van der Waals surface area contributed by atoms with Gasteiger partial charge in [-0.05, 0) is 18.8 Å². The third-order valence-corrected chi connectivity index (χ3v) is 4.77. The maximum atomic E-state index is 12.5. The number of amides is 2. The number of thiazole rings is 1. The van der Waals surface area contributed by atoms with Gasteiger partial charge in [0, 0.05) is 24.4 Å². The fraction of sp³-hybridized carbons (Fsp3) is 0.733. The molecule has 1 aliphatic heterocycles. The number of aromatic nitrogens is 1. The van der Waals surface area contributed by atoms with Crippen LogP contribution in [-0.2, 0) is 17.5 Å². The molecule has 1 aliphatic rings. The first-order valence-corrected chi connectivity index (χ1v) is 8.80. The molecule has 1 fully saturated rings. The van der Waals surface area contributed by atoms with E-state index in [0.717, 1.165) is 36.2 Å². The molecule has 0 aromatic carbocycles. The Morgan fingerprint density at radius 2 is 2.21 bits per heavy atom. The fourth-order valence-corrected chi connectivity index (χ4v) is 3.53. The number of halogens is 3. The minimum absolute atomic E-state index is 0.0264. The Hall–Kier alpha value is -1.35. The normalized spacial score (nSPS) is 21.8. The van der Waals surface area contributed by atoms with E-state index in [2.05, 4.69) is 29.5 Å². The Bertz CT molecular complexity index is 548. The molecule has 2 rings (SSSR count). The van der Waals surface area contributed by atoms with Crippen LogP contribution in [0.1, 0.15) is 37.4 Å². The van der Waals surface area contributed by atoms with Crippen molar-refractivity contribution in [2.75, 3.05) is 13.2 Å². The molecule has 1 aromatic heterocycles. The molecule has 9 heteroatoms. The number of hydrogen-bond acceptors (Lipinski definition) is 4. The van der Waals surface area contributed by atoms with Crippen molar-refractivity contribution in [1.82, 2.24) is 15.6 Å². The van der Waals surface area contributed by atoms with Crippen LogP contribution in [0.25, 0.3) is 0 Å². The summed E-state index contributed by atoms with van der Waals surface area (Å²) in [5.41, 5.74) is -0.927. The van der Waals surface area contributed by atoms with Gasteiger partial charge in [-0.3, -0.25) is 0 Å². The second kappa shape index (κ2) is 8.15. The molecule has 0 bridgehead atoms. The first kappa shape index (κ1) is 19.0. The Labute approximate surface area is 143 Å². The Morgan fingerprint density at radius 1 is 1.46 bits per heavy atom. The predicted molar refractivity (Wildman–Crippen MR) is 84.7 cm³/mol. The van der Waals surface area contributed by atoms with Gasteiger partial charge in [0.05, 0.1) is 12.6 Å². The molecule has 2 unspecified atom stereocenters. The van der Waals surface area contributed by atoms with Crippen LogP contribution in [0.3, 0.4) is 0 Å². The molecule has 5 nitrogen and oxygen atoms in total. The SMILES string of the molecule is CC(C)C1OCCCC1CNC(=O)NCc1nc(C(F)(F)F)cs1. The van der Waals surface area contributed by atoms with Crippen LogP contribution >= 0.6 is 11.3 Å². The Morgan fingerprint density at radius 3 is 2.83 bits per heavy atom. The molecule has 2 amide bonds. The molecule has 2 N–H and O–H groups in total. The van der Waals surface area contributed by atoms with E-state index >= 15 is 0 Å². The number of alkyl halides is 3. The summed E-state index contributed by atoms with van der Waals surface area (Å²) in [6, 6.07) is -0.410. The van der Waals surface area contributed by atoms with Gasteiger partial charge >= 0.3 is 12.2 Å². The van der Waals surface area contributed by atoms with Crippen molar-refractivity contribution in [1.29, 1.82) is 0 Å². The van der Waals surface area contributed by atoms with Gasteiger partial charge in [-0.15, -0.1) is 11.3 Å². The summed E-state index contributed by atoms with van der Waals surface area (Å²) in [5.74, 6) is 0.623. The molecule has 0 saturated carbocycles. The lowest BCUT2D eigenvalue weighted by Crippen LogP contribution is -2.44. The topological polar surface area (TPSA) is 63.2 Å². The van der Waals surface area contributed by atoms with Crippen molar-refractivity contribution in [3.63, 3.8) is 0 Å². The predicted octanol–water partition coefficient (Wildman–Crippen LogP) is 3.41. The molecule has 0 aliphatic carbocycles. The number of ether oxygens (including phenoxy) is 1. The maximum Gasteiger partial charge on any atom is 0.434 e. The lowest BCUT2D eigenvalue weighted by Gasteiger charge is -2.34. The van der Waals surface area contributed by atoms with Crippen molar-refractivity contribution < 1.29 is 22.7 Å². The molecule has 2 heterocycles. The summed E-state index contributed by atoms with van der Waals surface area (Å²) in [4.78, 5) is 15.3. The molecule has 1 saturated heterocycles. The van der Waals surface area contributed by atoms with Gasteiger partial charge in [0.25, 0.3) is 0 Å². The van der Waals surface area contributed by atoms with Crippen molar-refractivity contribution in [2.45, 2.75) is 45.5 Å². The summed E-state index contributed by atoms with van der Waals surface area (Å²) in [6.07, 6.45) is -2.38. The zero-order chi connectivity index (χ0) is 17.7. The number of nitrogens with one attached hydrogen (secondary N) is 2. The number of urea groups is 1. The molecule has 0 spiro atoms. The van der Waals surface area contributed by atoms with Crippen LogP contribution in [0.5, 0.6) is 0 Å². The molecular formula is C15H22F3N3O2S. The zero-order valence-electron chi connectivity index (χ0n) is 13.7. The van der Waals surface area contributed by atoms with Crippen LogP contribution in [-0.4, -0.2) is 30.3 Å². The van der Waals surface area contributed by atoms with Crippen molar-refractivity contribution in [3.8, 4) is 0 Å². The Balaban J connectivity index is 1.76. The van der Waals surface area contributed by atoms with E-state index in [0.29, 0.717) is 12.5 Å². The average Bonchev–Trinajstić information content (AvgIpc) is 3.00. The first-order chi connectivity index (χ1) is 11.3. The molecule has 2 atom stereocenters.